The van der Waals surface area contributed by atoms with Crippen LogP contribution in [0.4, 0.5) is 0 Å². The van der Waals surface area contributed by atoms with Gasteiger partial charge in [-0.15, -0.1) is 0 Å². The molecule has 0 aliphatic carbocycles. The summed E-state index contributed by atoms with van der Waals surface area (Å²) >= 11 is 0. The topological polar surface area (TPSA) is 30.9 Å². The van der Waals surface area contributed by atoms with Gasteiger partial charge < -0.3 is 14.2 Å². The van der Waals surface area contributed by atoms with Crippen molar-refractivity contribution in [1.29, 1.82) is 0 Å². The Bertz CT molecular complexity index is 478. The molecule has 0 amide bonds. The van der Waals surface area contributed by atoms with Gasteiger partial charge in [-0.2, -0.15) is 0 Å². The molecule has 0 unspecified atom stereocenters. The Morgan fingerprint density at radius 2 is 1.71 bits per heavy atom. The standard InChI is InChI=1S/C20H31NO3/c1-2-3-4-5-6-13-24-19-9-7-18(8-10-19)11-12-20-14-22-16-21(20)17-23-15-20/h7-10H,2-6,11-17H2,1H3. The van der Waals surface area contributed by atoms with Crippen molar-refractivity contribution in [3.05, 3.63) is 29.8 Å². The van der Waals surface area contributed by atoms with Crippen molar-refractivity contribution < 1.29 is 14.2 Å². The number of hydrogen-bond donors (Lipinski definition) is 0. The number of benzene rings is 1. The van der Waals surface area contributed by atoms with E-state index in [1.54, 1.807) is 0 Å². The first-order chi connectivity index (χ1) is 11.8. The number of ether oxygens (including phenoxy) is 3. The maximum absolute atomic E-state index is 5.84. The SMILES string of the molecule is CCCCCCCOc1ccc(CCC23COCN2COC3)cc1. The van der Waals surface area contributed by atoms with Crippen molar-refractivity contribution >= 4 is 0 Å². The van der Waals surface area contributed by atoms with Crippen LogP contribution in [0.1, 0.15) is 51.0 Å². The van der Waals surface area contributed by atoms with E-state index >= 15 is 0 Å². The van der Waals surface area contributed by atoms with Gasteiger partial charge in [0.1, 0.15) is 19.2 Å². The fourth-order valence-corrected chi connectivity index (χ4v) is 3.55. The van der Waals surface area contributed by atoms with E-state index in [2.05, 4.69) is 36.1 Å². The van der Waals surface area contributed by atoms with Gasteiger partial charge in [-0.25, -0.2) is 4.90 Å². The van der Waals surface area contributed by atoms with E-state index in [1.807, 2.05) is 0 Å². The summed E-state index contributed by atoms with van der Waals surface area (Å²) in [5.41, 5.74) is 1.46. The number of hydrogen-bond acceptors (Lipinski definition) is 4. The molecule has 134 valence electrons. The van der Waals surface area contributed by atoms with E-state index in [4.69, 9.17) is 14.2 Å². The highest BCUT2D eigenvalue weighted by atomic mass is 16.6. The lowest BCUT2D eigenvalue weighted by Gasteiger charge is -2.27. The highest BCUT2D eigenvalue weighted by Crippen LogP contribution is 2.32. The summed E-state index contributed by atoms with van der Waals surface area (Å²) in [7, 11) is 0. The van der Waals surface area contributed by atoms with E-state index in [-0.39, 0.29) is 5.54 Å². The number of fused-ring (bicyclic) bond motifs is 1. The molecule has 1 aromatic carbocycles. The average Bonchev–Trinajstić information content (AvgIpc) is 3.17. The number of aryl methyl sites for hydroxylation is 1. The van der Waals surface area contributed by atoms with Gasteiger partial charge in [0, 0.05) is 0 Å². The summed E-state index contributed by atoms with van der Waals surface area (Å²) in [6.07, 6.45) is 8.52. The van der Waals surface area contributed by atoms with Crippen LogP contribution in [0.15, 0.2) is 24.3 Å². The molecule has 2 fully saturated rings. The molecule has 2 saturated heterocycles. The Balaban J connectivity index is 1.38. The monoisotopic (exact) mass is 333 g/mol. The minimum absolute atomic E-state index is 0.105. The molecular formula is C20H31NO3. The first-order valence-corrected chi connectivity index (χ1v) is 9.45. The second-order valence-corrected chi connectivity index (χ2v) is 7.13. The Morgan fingerprint density at radius 1 is 1.00 bits per heavy atom. The van der Waals surface area contributed by atoms with Crippen LogP contribution in [0.25, 0.3) is 0 Å². The summed E-state index contributed by atoms with van der Waals surface area (Å²) in [5, 5.41) is 0. The van der Waals surface area contributed by atoms with Crippen LogP contribution in [-0.2, 0) is 15.9 Å². The highest BCUT2D eigenvalue weighted by Gasteiger charge is 2.45. The summed E-state index contributed by atoms with van der Waals surface area (Å²) in [6.45, 7) is 6.10. The quantitative estimate of drug-likeness (QED) is 0.606. The van der Waals surface area contributed by atoms with Crippen molar-refractivity contribution in [2.75, 3.05) is 33.3 Å². The summed E-state index contributed by atoms with van der Waals surface area (Å²) in [5.74, 6) is 0.988. The molecule has 0 saturated carbocycles. The largest absolute Gasteiger partial charge is 0.494 e. The van der Waals surface area contributed by atoms with Gasteiger partial charge in [-0.1, -0.05) is 44.7 Å². The van der Waals surface area contributed by atoms with Gasteiger partial charge in [-0.3, -0.25) is 0 Å². The number of rotatable bonds is 10. The minimum atomic E-state index is 0.105. The van der Waals surface area contributed by atoms with Crippen LogP contribution in [0.3, 0.4) is 0 Å². The lowest BCUT2D eigenvalue weighted by molar-refractivity contribution is 0.0695. The normalized spacial score (nSPS) is 19.5. The van der Waals surface area contributed by atoms with Crippen LogP contribution >= 0.6 is 0 Å². The van der Waals surface area contributed by atoms with Crippen molar-refractivity contribution in [3.63, 3.8) is 0 Å². The predicted molar refractivity (Wildman–Crippen MR) is 95.2 cm³/mol. The molecule has 2 aliphatic rings. The molecule has 0 bridgehead atoms. The molecule has 0 atom stereocenters. The van der Waals surface area contributed by atoms with Crippen molar-refractivity contribution in [1.82, 2.24) is 4.90 Å². The van der Waals surface area contributed by atoms with Crippen LogP contribution in [0, 0.1) is 0 Å². The zero-order valence-electron chi connectivity index (χ0n) is 15.0. The van der Waals surface area contributed by atoms with Gasteiger partial charge in [0.2, 0.25) is 0 Å². The van der Waals surface area contributed by atoms with Crippen LogP contribution in [-0.4, -0.2) is 43.7 Å². The molecule has 0 spiro atoms. The van der Waals surface area contributed by atoms with Crippen LogP contribution in [0.5, 0.6) is 5.75 Å². The highest BCUT2D eigenvalue weighted by molar-refractivity contribution is 5.27. The molecule has 2 aliphatic heterocycles. The molecule has 0 radical (unpaired) electrons. The van der Waals surface area contributed by atoms with Crippen LogP contribution < -0.4 is 4.74 Å². The molecular weight excluding hydrogens is 302 g/mol. The predicted octanol–water partition coefficient (Wildman–Crippen LogP) is 3.98. The maximum Gasteiger partial charge on any atom is 0.119 e. The molecule has 2 heterocycles. The molecule has 0 aromatic heterocycles. The smallest absolute Gasteiger partial charge is 0.119 e. The Hall–Kier alpha value is -1.10. The van der Waals surface area contributed by atoms with Gasteiger partial charge >= 0.3 is 0 Å². The molecule has 3 rings (SSSR count). The molecule has 4 heteroatoms. The van der Waals surface area contributed by atoms with Gasteiger partial charge in [-0.05, 0) is 37.0 Å². The third-order valence-electron chi connectivity index (χ3n) is 5.23. The molecule has 4 nitrogen and oxygen atoms in total. The third kappa shape index (κ3) is 4.50. The Morgan fingerprint density at radius 3 is 2.42 bits per heavy atom. The van der Waals surface area contributed by atoms with Crippen LogP contribution in [0.2, 0.25) is 0 Å². The summed E-state index contributed by atoms with van der Waals surface area (Å²) in [4.78, 5) is 2.32. The fraction of sp³-hybridized carbons (Fsp3) is 0.700. The second kappa shape index (κ2) is 8.84. The third-order valence-corrected chi connectivity index (χ3v) is 5.23. The van der Waals surface area contributed by atoms with Gasteiger partial charge in [0.25, 0.3) is 0 Å². The van der Waals surface area contributed by atoms with Gasteiger partial charge in [0.15, 0.2) is 0 Å². The number of unbranched alkanes of at least 4 members (excludes halogenated alkanes) is 4. The Labute approximate surface area is 146 Å². The zero-order chi connectivity index (χ0) is 16.7. The van der Waals surface area contributed by atoms with Crippen molar-refractivity contribution in [3.8, 4) is 5.75 Å². The first kappa shape index (κ1) is 17.7. The van der Waals surface area contributed by atoms with E-state index in [9.17, 15) is 0 Å². The Kier molecular flexibility index (Phi) is 6.52. The van der Waals surface area contributed by atoms with E-state index in [0.29, 0.717) is 13.5 Å². The summed E-state index contributed by atoms with van der Waals surface area (Å²) in [6, 6.07) is 8.60. The first-order valence-electron chi connectivity index (χ1n) is 9.45. The van der Waals surface area contributed by atoms with E-state index < -0.39 is 0 Å². The zero-order valence-corrected chi connectivity index (χ0v) is 15.0. The maximum atomic E-state index is 5.84. The average molecular weight is 333 g/mol. The number of nitrogens with zero attached hydrogens (tertiary/aromatic N) is 1. The fourth-order valence-electron chi connectivity index (χ4n) is 3.55. The summed E-state index contributed by atoms with van der Waals surface area (Å²) < 4.78 is 17.1. The minimum Gasteiger partial charge on any atom is -0.494 e. The lowest BCUT2D eigenvalue weighted by Crippen LogP contribution is -2.43. The lowest BCUT2D eigenvalue weighted by atomic mass is 9.93. The molecule has 0 N–H and O–H groups in total. The molecule has 1 aromatic rings. The van der Waals surface area contributed by atoms with E-state index in [1.165, 1.54) is 31.2 Å². The van der Waals surface area contributed by atoms with E-state index in [0.717, 1.165) is 44.8 Å². The van der Waals surface area contributed by atoms with Crippen molar-refractivity contribution in [2.45, 2.75) is 57.4 Å². The molecule has 24 heavy (non-hydrogen) atoms. The van der Waals surface area contributed by atoms with Gasteiger partial charge in [0.05, 0.1) is 25.4 Å². The second-order valence-electron chi connectivity index (χ2n) is 7.13. The van der Waals surface area contributed by atoms with Crippen molar-refractivity contribution in [2.24, 2.45) is 0 Å².